The molecule has 2 aromatic rings. The SMILES string of the molecule is O=C(Nc1ccccc1Cn1cccn1)N1CCN(S(=O)(=O)N2CCOCC2)CC1. The minimum Gasteiger partial charge on any atom is -0.379 e. The molecule has 162 valence electrons. The van der Waals surface area contributed by atoms with Crippen molar-refractivity contribution in [2.75, 3.05) is 57.8 Å². The normalized spacial score (nSPS) is 19.0. The van der Waals surface area contributed by atoms with E-state index in [9.17, 15) is 13.2 Å². The summed E-state index contributed by atoms with van der Waals surface area (Å²) in [5, 5.41) is 7.17. The first kappa shape index (κ1) is 20.8. The van der Waals surface area contributed by atoms with E-state index in [0.29, 0.717) is 45.9 Å². The molecule has 4 rings (SSSR count). The van der Waals surface area contributed by atoms with Crippen LogP contribution in [0.15, 0.2) is 42.7 Å². The predicted octanol–water partition coefficient (Wildman–Crippen LogP) is 0.658. The van der Waals surface area contributed by atoms with Crippen molar-refractivity contribution in [3.05, 3.63) is 48.3 Å². The van der Waals surface area contributed by atoms with E-state index in [4.69, 9.17) is 4.74 Å². The highest BCUT2D eigenvalue weighted by Crippen LogP contribution is 2.18. The van der Waals surface area contributed by atoms with Crippen LogP contribution in [-0.2, 0) is 21.5 Å². The van der Waals surface area contributed by atoms with Gasteiger partial charge in [0.25, 0.3) is 10.2 Å². The Morgan fingerprint density at radius 2 is 1.70 bits per heavy atom. The van der Waals surface area contributed by atoms with Crippen LogP contribution in [-0.4, -0.2) is 90.2 Å². The van der Waals surface area contributed by atoms with Crippen LogP contribution in [0.2, 0.25) is 0 Å². The van der Waals surface area contributed by atoms with Crippen LogP contribution in [0.1, 0.15) is 5.56 Å². The zero-order valence-corrected chi connectivity index (χ0v) is 17.5. The smallest absolute Gasteiger partial charge is 0.321 e. The zero-order valence-electron chi connectivity index (χ0n) is 16.7. The average Bonchev–Trinajstić information content (AvgIpc) is 3.29. The van der Waals surface area contributed by atoms with E-state index in [2.05, 4.69) is 10.4 Å². The van der Waals surface area contributed by atoms with Crippen molar-refractivity contribution in [3.63, 3.8) is 0 Å². The van der Waals surface area contributed by atoms with Crippen LogP contribution < -0.4 is 5.32 Å². The Hall–Kier alpha value is -2.47. The highest BCUT2D eigenvalue weighted by Gasteiger charge is 2.34. The summed E-state index contributed by atoms with van der Waals surface area (Å²) >= 11 is 0. The lowest BCUT2D eigenvalue weighted by Crippen LogP contribution is -2.56. The predicted molar refractivity (Wildman–Crippen MR) is 111 cm³/mol. The van der Waals surface area contributed by atoms with Gasteiger partial charge in [-0.2, -0.15) is 22.1 Å². The van der Waals surface area contributed by atoms with Crippen molar-refractivity contribution in [1.29, 1.82) is 0 Å². The summed E-state index contributed by atoms with van der Waals surface area (Å²) in [6.45, 7) is 3.37. The van der Waals surface area contributed by atoms with Crippen LogP contribution in [0.5, 0.6) is 0 Å². The van der Waals surface area contributed by atoms with Crippen molar-refractivity contribution in [2.45, 2.75) is 6.54 Å². The second-order valence-electron chi connectivity index (χ2n) is 7.20. The number of amides is 2. The van der Waals surface area contributed by atoms with Crippen LogP contribution in [0.3, 0.4) is 0 Å². The van der Waals surface area contributed by atoms with Gasteiger partial charge in [0.2, 0.25) is 0 Å². The number of carbonyl (C=O) groups is 1. The number of hydrogen-bond acceptors (Lipinski definition) is 5. The molecule has 0 bridgehead atoms. The molecule has 2 fully saturated rings. The van der Waals surface area contributed by atoms with Gasteiger partial charge in [-0.1, -0.05) is 18.2 Å². The molecule has 0 spiro atoms. The maximum atomic E-state index is 12.8. The van der Waals surface area contributed by atoms with Crippen molar-refractivity contribution >= 4 is 21.9 Å². The van der Waals surface area contributed by atoms with E-state index in [1.165, 1.54) is 8.61 Å². The maximum absolute atomic E-state index is 12.8. The molecule has 0 atom stereocenters. The minimum absolute atomic E-state index is 0.230. The van der Waals surface area contributed by atoms with Crippen LogP contribution in [0.4, 0.5) is 10.5 Å². The highest BCUT2D eigenvalue weighted by atomic mass is 32.2. The molecule has 3 heterocycles. The molecule has 30 heavy (non-hydrogen) atoms. The van der Waals surface area contributed by atoms with E-state index in [-0.39, 0.29) is 19.1 Å². The summed E-state index contributed by atoms with van der Waals surface area (Å²) in [5.41, 5.74) is 1.67. The van der Waals surface area contributed by atoms with Gasteiger partial charge in [-0.25, -0.2) is 4.79 Å². The van der Waals surface area contributed by atoms with Crippen molar-refractivity contribution < 1.29 is 17.9 Å². The molecule has 0 radical (unpaired) electrons. The number of rotatable bonds is 5. The van der Waals surface area contributed by atoms with E-state index in [1.807, 2.05) is 36.5 Å². The third-order valence-corrected chi connectivity index (χ3v) is 7.33. The Morgan fingerprint density at radius 1 is 1.00 bits per heavy atom. The van der Waals surface area contributed by atoms with Crippen LogP contribution >= 0.6 is 0 Å². The number of urea groups is 1. The van der Waals surface area contributed by atoms with Crippen molar-refractivity contribution in [1.82, 2.24) is 23.3 Å². The molecule has 11 heteroatoms. The molecule has 2 saturated heterocycles. The number of aromatic nitrogens is 2. The molecule has 2 amide bonds. The van der Waals surface area contributed by atoms with Crippen molar-refractivity contribution in [2.24, 2.45) is 0 Å². The Labute approximate surface area is 176 Å². The van der Waals surface area contributed by atoms with Gasteiger partial charge in [0.15, 0.2) is 0 Å². The summed E-state index contributed by atoms with van der Waals surface area (Å²) in [6, 6.07) is 9.22. The van der Waals surface area contributed by atoms with Crippen molar-refractivity contribution in [3.8, 4) is 0 Å². The third-order valence-electron chi connectivity index (χ3n) is 5.30. The number of carbonyl (C=O) groups excluding carboxylic acids is 1. The standard InChI is InChI=1S/C19H26N6O4S/c26-19(21-18-5-2-1-4-17(18)16-23-7-3-6-20-23)22-8-10-24(11-9-22)30(27,28)25-12-14-29-15-13-25/h1-7H,8-16H2,(H,21,26). The number of benzene rings is 1. The Balaban J connectivity index is 1.35. The molecule has 1 aromatic heterocycles. The van der Waals surface area contributed by atoms with E-state index < -0.39 is 10.2 Å². The molecular formula is C19H26N6O4S. The van der Waals surface area contributed by atoms with Gasteiger partial charge in [0.1, 0.15) is 0 Å². The number of ether oxygens (including phenoxy) is 1. The molecule has 0 saturated carbocycles. The van der Waals surface area contributed by atoms with Gasteiger partial charge in [0, 0.05) is 57.3 Å². The largest absolute Gasteiger partial charge is 0.379 e. The van der Waals surface area contributed by atoms with Crippen LogP contribution in [0.25, 0.3) is 0 Å². The minimum atomic E-state index is -3.51. The van der Waals surface area contributed by atoms with Gasteiger partial charge >= 0.3 is 6.03 Å². The highest BCUT2D eigenvalue weighted by molar-refractivity contribution is 7.86. The topological polar surface area (TPSA) is 100 Å². The molecule has 2 aliphatic rings. The van der Waals surface area contributed by atoms with E-state index in [1.54, 1.807) is 15.8 Å². The lowest BCUT2D eigenvalue weighted by molar-refractivity contribution is 0.0691. The first-order valence-electron chi connectivity index (χ1n) is 9.98. The van der Waals surface area contributed by atoms with E-state index >= 15 is 0 Å². The quantitative estimate of drug-likeness (QED) is 0.745. The fourth-order valence-electron chi connectivity index (χ4n) is 3.61. The first-order chi connectivity index (χ1) is 14.5. The lowest BCUT2D eigenvalue weighted by atomic mass is 10.2. The number of para-hydroxylation sites is 1. The number of anilines is 1. The lowest BCUT2D eigenvalue weighted by Gasteiger charge is -2.37. The molecule has 1 N–H and O–H groups in total. The molecule has 2 aliphatic heterocycles. The number of morpholine rings is 1. The van der Waals surface area contributed by atoms with E-state index in [0.717, 1.165) is 11.3 Å². The van der Waals surface area contributed by atoms with Gasteiger partial charge in [-0.05, 0) is 17.7 Å². The fourth-order valence-corrected chi connectivity index (χ4v) is 5.17. The molecule has 0 unspecified atom stereocenters. The molecule has 10 nitrogen and oxygen atoms in total. The zero-order chi connectivity index (χ0) is 21.0. The van der Waals surface area contributed by atoms with Gasteiger partial charge < -0.3 is 15.0 Å². The maximum Gasteiger partial charge on any atom is 0.321 e. The summed E-state index contributed by atoms with van der Waals surface area (Å²) in [7, 11) is -3.51. The summed E-state index contributed by atoms with van der Waals surface area (Å²) < 4.78 is 35.5. The fraction of sp³-hybridized carbons (Fsp3) is 0.474. The molecule has 1 aromatic carbocycles. The monoisotopic (exact) mass is 434 g/mol. The Kier molecular flexibility index (Phi) is 6.32. The summed E-state index contributed by atoms with van der Waals surface area (Å²) in [4.78, 5) is 14.4. The Morgan fingerprint density at radius 3 is 2.40 bits per heavy atom. The third kappa shape index (κ3) is 4.64. The number of nitrogens with zero attached hydrogens (tertiary/aromatic N) is 5. The van der Waals surface area contributed by atoms with Crippen LogP contribution in [0, 0.1) is 0 Å². The molecular weight excluding hydrogens is 408 g/mol. The summed E-state index contributed by atoms with van der Waals surface area (Å²) in [5.74, 6) is 0. The second kappa shape index (κ2) is 9.13. The Bertz CT molecular complexity index is 951. The van der Waals surface area contributed by atoms with Gasteiger partial charge in [-0.3, -0.25) is 4.68 Å². The van der Waals surface area contributed by atoms with Gasteiger partial charge in [-0.15, -0.1) is 0 Å². The number of piperazine rings is 1. The second-order valence-corrected chi connectivity index (χ2v) is 9.12. The first-order valence-corrected chi connectivity index (χ1v) is 11.4. The number of hydrogen-bond donors (Lipinski definition) is 1. The molecule has 0 aliphatic carbocycles. The van der Waals surface area contributed by atoms with Gasteiger partial charge in [0.05, 0.1) is 19.8 Å². The number of nitrogens with one attached hydrogen (secondary N) is 1. The average molecular weight is 435 g/mol. The summed E-state index contributed by atoms with van der Waals surface area (Å²) in [6.07, 6.45) is 3.58.